The summed E-state index contributed by atoms with van der Waals surface area (Å²) >= 11 is 5.81. The molecule has 0 atom stereocenters. The quantitative estimate of drug-likeness (QED) is 0.262. The number of ether oxygens (including phenoxy) is 4. The largest absolute Gasteiger partial charge is 0.493 e. The van der Waals surface area contributed by atoms with Crippen LogP contribution >= 0.6 is 12.2 Å². The van der Waals surface area contributed by atoms with Gasteiger partial charge in [0.1, 0.15) is 0 Å². The lowest BCUT2D eigenvalue weighted by Gasteiger charge is -2.26. The van der Waals surface area contributed by atoms with Gasteiger partial charge in [0.15, 0.2) is 28.1 Å². The van der Waals surface area contributed by atoms with Crippen LogP contribution in [0, 0.1) is 0 Å². The molecule has 8 nitrogen and oxygen atoms in total. The van der Waals surface area contributed by atoms with Gasteiger partial charge in [0.25, 0.3) is 5.56 Å². The Morgan fingerprint density at radius 3 is 2.15 bits per heavy atom. The summed E-state index contributed by atoms with van der Waals surface area (Å²) in [5.74, 6) is 2.53. The van der Waals surface area contributed by atoms with Crippen molar-refractivity contribution in [3.8, 4) is 23.0 Å². The fraction of sp³-hybridized carbons (Fsp3) is 0.267. The zero-order chi connectivity index (χ0) is 27.8. The molecule has 0 aliphatic carbocycles. The molecule has 2 N–H and O–H groups in total. The van der Waals surface area contributed by atoms with E-state index in [4.69, 9.17) is 31.2 Å². The molecular formula is C30H33N3O5S. The molecular weight excluding hydrogens is 514 g/mol. The molecule has 0 bridgehead atoms. The lowest BCUT2D eigenvalue weighted by molar-refractivity contribution is 0.354. The smallest absolute Gasteiger partial charge is 0.253 e. The minimum Gasteiger partial charge on any atom is -0.493 e. The number of rotatable bonds is 11. The van der Waals surface area contributed by atoms with E-state index in [-0.39, 0.29) is 5.56 Å². The summed E-state index contributed by atoms with van der Waals surface area (Å²) in [6, 6.07) is 21.4. The van der Waals surface area contributed by atoms with Crippen molar-refractivity contribution in [1.82, 2.24) is 15.2 Å². The average Bonchev–Trinajstić information content (AvgIpc) is 2.96. The van der Waals surface area contributed by atoms with E-state index in [2.05, 4.69) is 10.3 Å². The van der Waals surface area contributed by atoms with E-state index < -0.39 is 0 Å². The number of fused-ring (bicyclic) bond motifs is 1. The van der Waals surface area contributed by atoms with Gasteiger partial charge in [-0.3, -0.25) is 4.79 Å². The summed E-state index contributed by atoms with van der Waals surface area (Å²) in [6.45, 7) is 1.49. The van der Waals surface area contributed by atoms with Gasteiger partial charge in [-0.15, -0.1) is 0 Å². The Balaban J connectivity index is 1.54. The maximum atomic E-state index is 13.1. The standard InChI is InChI=1S/C30H33N3O5S/c1-35-25-11-10-20(14-26(25)36-2)12-13-31-30(39)33(18-21-8-6-5-7-9-21)19-23-15-22-16-27(37-3)28(38-4)17-24(22)32-29(23)34/h5-11,14-17H,12-13,18-19H2,1-4H3,(H,31,39)(H,32,34). The van der Waals surface area contributed by atoms with Crippen molar-refractivity contribution >= 4 is 28.2 Å². The number of aromatic amines is 1. The van der Waals surface area contributed by atoms with Crippen LogP contribution < -0.4 is 29.8 Å². The summed E-state index contributed by atoms with van der Waals surface area (Å²) in [5.41, 5.74) is 3.26. The third kappa shape index (κ3) is 6.80. The fourth-order valence-electron chi connectivity index (χ4n) is 4.37. The Morgan fingerprint density at radius 1 is 0.795 bits per heavy atom. The highest BCUT2D eigenvalue weighted by molar-refractivity contribution is 7.80. The third-order valence-electron chi connectivity index (χ3n) is 6.43. The van der Waals surface area contributed by atoms with Gasteiger partial charge in [-0.1, -0.05) is 36.4 Å². The number of benzene rings is 3. The summed E-state index contributed by atoms with van der Waals surface area (Å²) in [4.78, 5) is 18.0. The van der Waals surface area contributed by atoms with Crippen molar-refractivity contribution in [2.45, 2.75) is 19.5 Å². The second-order valence-electron chi connectivity index (χ2n) is 8.93. The second-order valence-corrected chi connectivity index (χ2v) is 9.32. The first-order valence-electron chi connectivity index (χ1n) is 12.5. The number of thiocarbonyl (C=S) groups is 1. The van der Waals surface area contributed by atoms with Crippen molar-refractivity contribution in [2.24, 2.45) is 0 Å². The van der Waals surface area contributed by atoms with Crippen molar-refractivity contribution in [3.05, 3.63) is 93.8 Å². The van der Waals surface area contributed by atoms with E-state index in [0.29, 0.717) is 58.8 Å². The van der Waals surface area contributed by atoms with Crippen LogP contribution in [0.4, 0.5) is 0 Å². The molecule has 1 aromatic heterocycles. The summed E-state index contributed by atoms with van der Waals surface area (Å²) in [7, 11) is 6.39. The first-order chi connectivity index (χ1) is 18.9. The van der Waals surface area contributed by atoms with Crippen LogP contribution in [0.15, 0.2) is 71.5 Å². The van der Waals surface area contributed by atoms with E-state index >= 15 is 0 Å². The second kappa shape index (κ2) is 13.0. The first kappa shape index (κ1) is 27.8. The predicted octanol–water partition coefficient (Wildman–Crippen LogP) is 4.68. The minimum atomic E-state index is -0.180. The van der Waals surface area contributed by atoms with Crippen molar-refractivity contribution in [2.75, 3.05) is 35.0 Å². The minimum absolute atomic E-state index is 0.180. The van der Waals surface area contributed by atoms with Gasteiger partial charge in [-0.2, -0.15) is 0 Å². The summed E-state index contributed by atoms with van der Waals surface area (Å²) in [5, 5.41) is 4.77. The maximum absolute atomic E-state index is 13.1. The maximum Gasteiger partial charge on any atom is 0.253 e. The van der Waals surface area contributed by atoms with Crippen LogP contribution in [0.2, 0.25) is 0 Å². The highest BCUT2D eigenvalue weighted by Gasteiger charge is 2.16. The number of hydrogen-bond acceptors (Lipinski definition) is 6. The predicted molar refractivity (Wildman–Crippen MR) is 157 cm³/mol. The Bertz CT molecular complexity index is 1490. The lowest BCUT2D eigenvalue weighted by Crippen LogP contribution is -2.40. The van der Waals surface area contributed by atoms with Crippen molar-refractivity contribution < 1.29 is 18.9 Å². The van der Waals surface area contributed by atoms with Gasteiger partial charge in [0, 0.05) is 30.1 Å². The van der Waals surface area contributed by atoms with Gasteiger partial charge >= 0.3 is 0 Å². The Hall–Kier alpha value is -4.24. The SMILES string of the molecule is COc1ccc(CCNC(=S)N(Cc2ccccc2)Cc2cc3cc(OC)c(OC)cc3[nH]c2=O)cc1OC. The van der Waals surface area contributed by atoms with Crippen molar-refractivity contribution in [3.63, 3.8) is 0 Å². The zero-order valence-electron chi connectivity index (χ0n) is 22.6. The zero-order valence-corrected chi connectivity index (χ0v) is 23.4. The Morgan fingerprint density at radius 2 is 1.46 bits per heavy atom. The molecule has 9 heteroatoms. The molecule has 4 aromatic rings. The molecule has 0 saturated heterocycles. The normalized spacial score (nSPS) is 10.7. The van der Waals surface area contributed by atoms with Gasteiger partial charge < -0.3 is 34.1 Å². The van der Waals surface area contributed by atoms with Crippen molar-refractivity contribution in [1.29, 1.82) is 0 Å². The third-order valence-corrected chi connectivity index (χ3v) is 6.83. The van der Waals surface area contributed by atoms with Crippen LogP contribution in [0.5, 0.6) is 23.0 Å². The van der Waals surface area contributed by atoms with Gasteiger partial charge in [0.05, 0.1) is 40.5 Å². The molecule has 0 spiro atoms. The highest BCUT2D eigenvalue weighted by Crippen LogP contribution is 2.31. The molecule has 1 heterocycles. The molecule has 0 unspecified atom stereocenters. The molecule has 0 fully saturated rings. The highest BCUT2D eigenvalue weighted by atomic mass is 32.1. The fourth-order valence-corrected chi connectivity index (χ4v) is 4.60. The van der Waals surface area contributed by atoms with Crippen LogP contribution in [-0.2, 0) is 19.5 Å². The van der Waals surface area contributed by atoms with E-state index in [1.165, 1.54) is 0 Å². The molecule has 0 aliphatic rings. The average molecular weight is 548 g/mol. The van der Waals surface area contributed by atoms with E-state index in [1.807, 2.05) is 65.6 Å². The van der Waals surface area contributed by atoms with Crippen LogP contribution in [0.3, 0.4) is 0 Å². The molecule has 0 aliphatic heterocycles. The summed E-state index contributed by atoms with van der Waals surface area (Å²) in [6.07, 6.45) is 0.734. The summed E-state index contributed by atoms with van der Waals surface area (Å²) < 4.78 is 21.6. The molecule has 204 valence electrons. The van der Waals surface area contributed by atoms with Crippen LogP contribution in [0.1, 0.15) is 16.7 Å². The van der Waals surface area contributed by atoms with E-state index in [9.17, 15) is 4.79 Å². The van der Waals surface area contributed by atoms with Crippen LogP contribution in [0.25, 0.3) is 10.9 Å². The van der Waals surface area contributed by atoms with Gasteiger partial charge in [0.2, 0.25) is 0 Å². The molecule has 0 saturated carbocycles. The number of H-pyrrole nitrogens is 1. The lowest BCUT2D eigenvalue weighted by atomic mass is 10.1. The number of methoxy groups -OCH3 is 4. The number of pyridine rings is 1. The molecule has 3 aromatic carbocycles. The number of hydrogen-bond donors (Lipinski definition) is 2. The van der Waals surface area contributed by atoms with Gasteiger partial charge in [-0.25, -0.2) is 0 Å². The number of aromatic nitrogens is 1. The topological polar surface area (TPSA) is 85.1 Å². The number of nitrogens with one attached hydrogen (secondary N) is 2. The molecule has 0 amide bonds. The number of nitrogens with zero attached hydrogens (tertiary/aromatic N) is 1. The Kier molecular flexibility index (Phi) is 9.27. The molecule has 4 rings (SSSR count). The van der Waals surface area contributed by atoms with E-state index in [1.54, 1.807) is 34.5 Å². The van der Waals surface area contributed by atoms with E-state index in [0.717, 1.165) is 22.9 Å². The van der Waals surface area contributed by atoms with Gasteiger partial charge in [-0.05, 0) is 54.0 Å². The molecule has 0 radical (unpaired) electrons. The molecule has 39 heavy (non-hydrogen) atoms. The van der Waals surface area contributed by atoms with Crippen LogP contribution in [-0.4, -0.2) is 50.0 Å². The monoisotopic (exact) mass is 547 g/mol. The first-order valence-corrected chi connectivity index (χ1v) is 12.9. The Labute approximate surface area is 233 Å².